The van der Waals surface area contributed by atoms with Gasteiger partial charge >= 0.3 is 0 Å². The number of ether oxygens (including phenoxy) is 1. The van der Waals surface area contributed by atoms with Gasteiger partial charge in [0.05, 0.1) is 6.10 Å². The summed E-state index contributed by atoms with van der Waals surface area (Å²) in [4.78, 5) is 11.7. The van der Waals surface area contributed by atoms with E-state index < -0.39 is 0 Å². The van der Waals surface area contributed by atoms with Crippen LogP contribution in [-0.2, 0) is 9.53 Å². The maximum atomic E-state index is 11.7. The Balaban J connectivity index is 1.73. The quantitative estimate of drug-likeness (QED) is 0.912. The van der Waals surface area contributed by atoms with Gasteiger partial charge in [0.15, 0.2) is 11.0 Å². The number of halogens is 1. The van der Waals surface area contributed by atoms with Crippen LogP contribution in [0.1, 0.15) is 32.1 Å². The van der Waals surface area contributed by atoms with Gasteiger partial charge in [-0.2, -0.15) is 0 Å². The fraction of sp³-hybridized carbons (Fsp3) is 0.583. The molecule has 1 aliphatic heterocycles. The molecule has 5 nitrogen and oxygen atoms in total. The molecule has 0 spiro atoms. The van der Waals surface area contributed by atoms with E-state index in [0.717, 1.165) is 25.9 Å². The van der Waals surface area contributed by atoms with Crippen molar-refractivity contribution in [3.63, 3.8) is 0 Å². The molecule has 1 aliphatic rings. The second kappa shape index (κ2) is 6.66. The molecule has 0 radical (unpaired) electrons. The fourth-order valence-electron chi connectivity index (χ4n) is 1.92. The predicted molar refractivity (Wildman–Crippen MR) is 68.5 cm³/mol. The van der Waals surface area contributed by atoms with E-state index >= 15 is 0 Å². The van der Waals surface area contributed by atoms with Crippen molar-refractivity contribution in [3.05, 3.63) is 17.3 Å². The minimum absolute atomic E-state index is 0.0687. The molecule has 0 aliphatic carbocycles. The van der Waals surface area contributed by atoms with Gasteiger partial charge in [-0.25, -0.2) is 0 Å². The Labute approximate surface area is 111 Å². The Morgan fingerprint density at radius 2 is 2.33 bits per heavy atom. The third-order valence-corrected chi connectivity index (χ3v) is 3.07. The second-order valence-electron chi connectivity index (χ2n) is 4.32. The van der Waals surface area contributed by atoms with Gasteiger partial charge in [-0.05, 0) is 37.8 Å². The first-order valence-corrected chi connectivity index (χ1v) is 6.52. The van der Waals surface area contributed by atoms with Crippen molar-refractivity contribution in [3.8, 4) is 0 Å². The standard InChI is InChI=1S/C12H16ClN3O2/c13-10-5-6-11(16-15-10)14-12(17)7-4-9-3-1-2-8-18-9/h5-6,9H,1-4,7-8H2,(H,14,16,17). The van der Waals surface area contributed by atoms with E-state index in [-0.39, 0.29) is 12.0 Å². The molecule has 0 bridgehead atoms. The molecule has 1 saturated heterocycles. The van der Waals surface area contributed by atoms with Crippen LogP contribution in [-0.4, -0.2) is 28.8 Å². The maximum Gasteiger partial charge on any atom is 0.225 e. The van der Waals surface area contributed by atoms with Crippen molar-refractivity contribution in [2.75, 3.05) is 11.9 Å². The summed E-state index contributed by atoms with van der Waals surface area (Å²) in [5, 5.41) is 10.4. The maximum absolute atomic E-state index is 11.7. The van der Waals surface area contributed by atoms with Crippen molar-refractivity contribution in [2.45, 2.75) is 38.2 Å². The van der Waals surface area contributed by atoms with Crippen molar-refractivity contribution >= 4 is 23.3 Å². The van der Waals surface area contributed by atoms with Gasteiger partial charge in [-0.3, -0.25) is 4.79 Å². The number of nitrogens with one attached hydrogen (secondary N) is 1. The number of anilines is 1. The Bertz CT molecular complexity index is 391. The number of nitrogens with zero attached hydrogens (tertiary/aromatic N) is 2. The van der Waals surface area contributed by atoms with E-state index in [2.05, 4.69) is 15.5 Å². The van der Waals surface area contributed by atoms with E-state index in [1.807, 2.05) is 0 Å². The summed E-state index contributed by atoms with van der Waals surface area (Å²) in [6.45, 7) is 0.814. The zero-order valence-corrected chi connectivity index (χ0v) is 10.8. The lowest BCUT2D eigenvalue weighted by Gasteiger charge is -2.22. The van der Waals surface area contributed by atoms with Gasteiger partial charge in [0.2, 0.25) is 5.91 Å². The first kappa shape index (κ1) is 13.2. The lowest BCUT2D eigenvalue weighted by molar-refractivity contribution is -0.117. The minimum Gasteiger partial charge on any atom is -0.378 e. The lowest BCUT2D eigenvalue weighted by atomic mass is 10.0. The summed E-state index contributed by atoms with van der Waals surface area (Å²) < 4.78 is 5.57. The number of hydrogen-bond acceptors (Lipinski definition) is 4. The Morgan fingerprint density at radius 3 is 3.00 bits per heavy atom. The number of hydrogen-bond donors (Lipinski definition) is 1. The largest absolute Gasteiger partial charge is 0.378 e. The SMILES string of the molecule is O=C(CCC1CCCCO1)Nc1ccc(Cl)nn1. The minimum atomic E-state index is -0.0687. The molecule has 2 heterocycles. The molecule has 0 aromatic carbocycles. The van der Waals surface area contributed by atoms with E-state index in [1.54, 1.807) is 12.1 Å². The summed E-state index contributed by atoms with van der Waals surface area (Å²) >= 11 is 5.61. The van der Waals surface area contributed by atoms with Crippen LogP contribution in [0.3, 0.4) is 0 Å². The molecule has 1 atom stereocenters. The number of aromatic nitrogens is 2. The van der Waals surface area contributed by atoms with Gasteiger partial charge in [0.1, 0.15) is 0 Å². The summed E-state index contributed by atoms with van der Waals surface area (Å²) in [7, 11) is 0. The Hall–Kier alpha value is -1.20. The number of carbonyl (C=O) groups is 1. The van der Waals surface area contributed by atoms with E-state index in [1.165, 1.54) is 6.42 Å². The van der Waals surface area contributed by atoms with Crippen molar-refractivity contribution < 1.29 is 9.53 Å². The van der Waals surface area contributed by atoms with E-state index in [9.17, 15) is 4.79 Å². The van der Waals surface area contributed by atoms with Crippen LogP contribution in [0.15, 0.2) is 12.1 Å². The first-order valence-electron chi connectivity index (χ1n) is 6.15. The average Bonchev–Trinajstić information content (AvgIpc) is 2.40. The van der Waals surface area contributed by atoms with E-state index in [0.29, 0.717) is 17.4 Å². The molecule has 1 aromatic heterocycles. The molecule has 98 valence electrons. The summed E-state index contributed by atoms with van der Waals surface area (Å²) in [6.07, 6.45) is 4.79. The molecule has 2 rings (SSSR count). The number of carbonyl (C=O) groups excluding carboxylic acids is 1. The van der Waals surface area contributed by atoms with Gasteiger partial charge < -0.3 is 10.1 Å². The van der Waals surface area contributed by atoms with Gasteiger partial charge in [0.25, 0.3) is 0 Å². The lowest BCUT2D eigenvalue weighted by Crippen LogP contribution is -2.22. The van der Waals surface area contributed by atoms with Crippen LogP contribution >= 0.6 is 11.6 Å². The number of amides is 1. The fourth-order valence-corrected chi connectivity index (χ4v) is 2.02. The van der Waals surface area contributed by atoms with Crippen LogP contribution in [0.25, 0.3) is 0 Å². The molecule has 6 heteroatoms. The molecule has 0 saturated carbocycles. The molecular weight excluding hydrogens is 254 g/mol. The van der Waals surface area contributed by atoms with Crippen LogP contribution in [0.2, 0.25) is 5.15 Å². The number of rotatable bonds is 4. The molecule has 1 N–H and O–H groups in total. The normalized spacial score (nSPS) is 19.5. The third-order valence-electron chi connectivity index (χ3n) is 2.87. The monoisotopic (exact) mass is 269 g/mol. The molecule has 1 unspecified atom stereocenters. The topological polar surface area (TPSA) is 64.1 Å². The molecular formula is C12H16ClN3O2. The van der Waals surface area contributed by atoms with Gasteiger partial charge in [-0.15, -0.1) is 10.2 Å². The Morgan fingerprint density at radius 1 is 1.44 bits per heavy atom. The van der Waals surface area contributed by atoms with Crippen LogP contribution in [0.4, 0.5) is 5.82 Å². The van der Waals surface area contributed by atoms with Crippen LogP contribution in [0, 0.1) is 0 Å². The predicted octanol–water partition coefficient (Wildman–Crippen LogP) is 2.42. The third kappa shape index (κ3) is 4.23. The van der Waals surface area contributed by atoms with Crippen LogP contribution in [0.5, 0.6) is 0 Å². The summed E-state index contributed by atoms with van der Waals surface area (Å²) in [6, 6.07) is 3.22. The zero-order chi connectivity index (χ0) is 12.8. The highest BCUT2D eigenvalue weighted by atomic mass is 35.5. The van der Waals surface area contributed by atoms with Crippen molar-refractivity contribution in [1.82, 2.24) is 10.2 Å². The van der Waals surface area contributed by atoms with E-state index in [4.69, 9.17) is 16.3 Å². The van der Waals surface area contributed by atoms with Crippen molar-refractivity contribution in [1.29, 1.82) is 0 Å². The van der Waals surface area contributed by atoms with Gasteiger partial charge in [0, 0.05) is 13.0 Å². The van der Waals surface area contributed by atoms with Gasteiger partial charge in [-0.1, -0.05) is 11.6 Å². The highest BCUT2D eigenvalue weighted by Gasteiger charge is 2.15. The van der Waals surface area contributed by atoms with Crippen molar-refractivity contribution in [2.24, 2.45) is 0 Å². The molecule has 1 amide bonds. The summed E-state index contributed by atoms with van der Waals surface area (Å²) in [5.41, 5.74) is 0. The molecule has 1 fully saturated rings. The first-order chi connectivity index (χ1) is 8.74. The van der Waals surface area contributed by atoms with Crippen LogP contribution < -0.4 is 5.32 Å². The Kier molecular flexibility index (Phi) is 4.90. The zero-order valence-electron chi connectivity index (χ0n) is 10.1. The highest BCUT2D eigenvalue weighted by Crippen LogP contribution is 2.17. The highest BCUT2D eigenvalue weighted by molar-refractivity contribution is 6.29. The second-order valence-corrected chi connectivity index (χ2v) is 4.70. The molecule has 18 heavy (non-hydrogen) atoms. The average molecular weight is 270 g/mol. The summed E-state index contributed by atoms with van der Waals surface area (Å²) in [5.74, 6) is 0.356. The smallest absolute Gasteiger partial charge is 0.225 e. The molecule has 1 aromatic rings.